The summed E-state index contributed by atoms with van der Waals surface area (Å²) in [6.45, 7) is 2.63. The number of alkyl halides is 1. The Hall–Kier alpha value is -0.110. The van der Waals surface area contributed by atoms with Crippen LogP contribution < -0.4 is 0 Å². The van der Waals surface area contributed by atoms with Crippen molar-refractivity contribution in [1.29, 1.82) is 0 Å². The van der Waals surface area contributed by atoms with E-state index in [1.807, 2.05) is 0 Å². The van der Waals surface area contributed by atoms with Gasteiger partial charge in [-0.2, -0.15) is 0 Å². The molecule has 2 heteroatoms. The average molecular weight is 353 g/mol. The number of halogens is 1. The molecule has 0 aromatic rings. The van der Waals surface area contributed by atoms with Crippen LogP contribution in [0.4, 0.5) is 4.39 Å². The van der Waals surface area contributed by atoms with Gasteiger partial charge in [0.15, 0.2) is 0 Å². The van der Waals surface area contributed by atoms with E-state index in [9.17, 15) is 0 Å². The summed E-state index contributed by atoms with van der Waals surface area (Å²) in [5.41, 5.74) is 0. The average Bonchev–Trinajstić information content (AvgIpc) is 2.64. The maximum atomic E-state index is 15.0. The molecule has 1 nitrogen and oxygen atoms in total. The van der Waals surface area contributed by atoms with E-state index in [1.165, 1.54) is 70.6 Å². The van der Waals surface area contributed by atoms with Gasteiger partial charge in [0.25, 0.3) is 0 Å². The highest BCUT2D eigenvalue weighted by molar-refractivity contribution is 4.90. The van der Waals surface area contributed by atoms with E-state index in [4.69, 9.17) is 5.11 Å². The fraction of sp³-hybridized carbons (Fsp3) is 1.00. The number of hydrogen-bond donors (Lipinski definition) is 1. The van der Waals surface area contributed by atoms with Gasteiger partial charge in [-0.3, -0.25) is 0 Å². The Balaban J connectivity index is 1.42. The number of aliphatic hydroxyl groups is 1. The summed E-state index contributed by atoms with van der Waals surface area (Å²) < 4.78 is 15.0. The van der Waals surface area contributed by atoms with Gasteiger partial charge in [0.2, 0.25) is 0 Å². The van der Waals surface area contributed by atoms with E-state index in [1.54, 1.807) is 0 Å². The summed E-state index contributed by atoms with van der Waals surface area (Å²) in [6.07, 6.45) is 16.9. The Bertz CT molecular complexity index is 368. The van der Waals surface area contributed by atoms with Crippen molar-refractivity contribution in [2.45, 2.75) is 103 Å². The zero-order valence-electron chi connectivity index (χ0n) is 16.5. The largest absolute Gasteiger partial charge is 0.396 e. The Labute approximate surface area is 155 Å². The van der Waals surface area contributed by atoms with Crippen molar-refractivity contribution in [2.24, 2.45) is 35.5 Å². The van der Waals surface area contributed by atoms with E-state index in [2.05, 4.69) is 6.92 Å². The first-order valence-electron chi connectivity index (χ1n) is 11.5. The number of rotatable bonds is 6. The molecule has 0 heterocycles. The van der Waals surface area contributed by atoms with E-state index >= 15 is 4.39 Å². The standard InChI is InChI=1S/C23H41FO/c1-2-3-17-4-8-19(9-5-17)21-12-13-22(23(24)16-21)20-10-6-18(7-11-20)14-15-25/h17-23,25H,2-16H2,1H3. The van der Waals surface area contributed by atoms with Crippen molar-refractivity contribution in [3.8, 4) is 0 Å². The monoisotopic (exact) mass is 352 g/mol. The zero-order valence-corrected chi connectivity index (χ0v) is 16.5. The summed E-state index contributed by atoms with van der Waals surface area (Å²) >= 11 is 0. The van der Waals surface area contributed by atoms with Crippen LogP contribution in [0.5, 0.6) is 0 Å². The lowest BCUT2D eigenvalue weighted by Crippen LogP contribution is -2.36. The molecule has 0 aliphatic heterocycles. The van der Waals surface area contributed by atoms with Crippen LogP contribution in [0, 0.1) is 35.5 Å². The maximum absolute atomic E-state index is 15.0. The summed E-state index contributed by atoms with van der Waals surface area (Å²) in [4.78, 5) is 0. The SMILES string of the molecule is CCCC1CCC(C2CCC(C3CCC(CCO)CC3)C(F)C2)CC1. The van der Waals surface area contributed by atoms with E-state index in [-0.39, 0.29) is 0 Å². The highest BCUT2D eigenvalue weighted by Crippen LogP contribution is 2.47. The van der Waals surface area contributed by atoms with Crippen LogP contribution in [0.25, 0.3) is 0 Å². The van der Waals surface area contributed by atoms with Gasteiger partial charge in [0.05, 0.1) is 0 Å². The lowest BCUT2D eigenvalue weighted by molar-refractivity contribution is 0.0316. The Morgan fingerprint density at radius 1 is 0.720 bits per heavy atom. The van der Waals surface area contributed by atoms with Crippen molar-refractivity contribution in [3.63, 3.8) is 0 Å². The van der Waals surface area contributed by atoms with Crippen LogP contribution in [-0.4, -0.2) is 17.9 Å². The molecule has 3 saturated carbocycles. The molecule has 0 saturated heterocycles. The predicted molar refractivity (Wildman–Crippen MR) is 103 cm³/mol. The van der Waals surface area contributed by atoms with Gasteiger partial charge in [-0.25, -0.2) is 4.39 Å². The van der Waals surface area contributed by atoms with E-state index < -0.39 is 6.17 Å². The van der Waals surface area contributed by atoms with Gasteiger partial charge in [-0.05, 0) is 86.9 Å². The molecule has 3 fully saturated rings. The zero-order chi connectivity index (χ0) is 17.6. The highest BCUT2D eigenvalue weighted by atomic mass is 19.1. The van der Waals surface area contributed by atoms with Gasteiger partial charge in [-0.15, -0.1) is 0 Å². The smallest absolute Gasteiger partial charge is 0.103 e. The molecule has 0 bridgehead atoms. The maximum Gasteiger partial charge on any atom is 0.103 e. The molecule has 0 spiro atoms. The third kappa shape index (κ3) is 5.21. The van der Waals surface area contributed by atoms with Gasteiger partial charge in [0, 0.05) is 6.61 Å². The van der Waals surface area contributed by atoms with Crippen LogP contribution in [0.2, 0.25) is 0 Å². The van der Waals surface area contributed by atoms with Gasteiger partial charge in [-0.1, -0.05) is 45.4 Å². The molecular formula is C23H41FO. The fourth-order valence-corrected chi connectivity index (χ4v) is 6.57. The predicted octanol–water partition coefficient (Wildman–Crippen LogP) is 6.54. The van der Waals surface area contributed by atoms with Crippen molar-refractivity contribution in [2.75, 3.05) is 6.61 Å². The molecular weight excluding hydrogens is 311 g/mol. The second-order valence-electron chi connectivity index (χ2n) is 9.62. The summed E-state index contributed by atoms with van der Waals surface area (Å²) in [7, 11) is 0. The van der Waals surface area contributed by atoms with Crippen molar-refractivity contribution < 1.29 is 9.50 Å². The lowest BCUT2D eigenvalue weighted by atomic mass is 9.64. The Morgan fingerprint density at radius 2 is 1.28 bits per heavy atom. The van der Waals surface area contributed by atoms with Gasteiger partial charge >= 0.3 is 0 Å². The topological polar surface area (TPSA) is 20.2 Å². The number of hydrogen-bond acceptors (Lipinski definition) is 1. The minimum atomic E-state index is -0.536. The first kappa shape index (κ1) is 19.6. The lowest BCUT2D eigenvalue weighted by Gasteiger charge is -2.43. The third-order valence-corrected chi connectivity index (χ3v) is 8.15. The normalized spacial score (nSPS) is 43.1. The molecule has 3 rings (SSSR count). The minimum Gasteiger partial charge on any atom is -0.396 e. The summed E-state index contributed by atoms with van der Waals surface area (Å²) in [5, 5.41) is 9.11. The molecule has 0 aromatic carbocycles. The van der Waals surface area contributed by atoms with Crippen LogP contribution in [0.15, 0.2) is 0 Å². The minimum absolute atomic E-state index is 0.326. The second kappa shape index (κ2) is 9.72. The van der Waals surface area contributed by atoms with Crippen LogP contribution in [0.1, 0.15) is 96.8 Å². The molecule has 3 aliphatic rings. The summed E-state index contributed by atoms with van der Waals surface area (Å²) in [6, 6.07) is 0. The van der Waals surface area contributed by atoms with Crippen molar-refractivity contribution >= 4 is 0 Å². The van der Waals surface area contributed by atoms with Gasteiger partial charge in [0.1, 0.15) is 6.17 Å². The molecule has 0 amide bonds. The quantitative estimate of drug-likeness (QED) is 0.575. The summed E-state index contributed by atoms with van der Waals surface area (Å²) in [5.74, 6) is 4.16. The third-order valence-electron chi connectivity index (χ3n) is 8.15. The van der Waals surface area contributed by atoms with Gasteiger partial charge < -0.3 is 5.11 Å². The van der Waals surface area contributed by atoms with Crippen LogP contribution >= 0.6 is 0 Å². The van der Waals surface area contributed by atoms with Crippen LogP contribution in [-0.2, 0) is 0 Å². The molecule has 1 N–H and O–H groups in total. The molecule has 146 valence electrons. The van der Waals surface area contributed by atoms with Crippen molar-refractivity contribution in [3.05, 3.63) is 0 Å². The molecule has 3 unspecified atom stereocenters. The first-order chi connectivity index (χ1) is 12.2. The number of aliphatic hydroxyl groups excluding tert-OH is 1. The molecule has 25 heavy (non-hydrogen) atoms. The molecule has 0 radical (unpaired) electrons. The first-order valence-corrected chi connectivity index (χ1v) is 11.5. The Kier molecular flexibility index (Phi) is 7.64. The highest BCUT2D eigenvalue weighted by Gasteiger charge is 2.39. The fourth-order valence-electron chi connectivity index (χ4n) is 6.57. The molecule has 3 aliphatic carbocycles. The molecule has 3 atom stereocenters. The Morgan fingerprint density at radius 3 is 1.84 bits per heavy atom. The molecule has 0 aromatic heterocycles. The van der Waals surface area contributed by atoms with Crippen molar-refractivity contribution in [1.82, 2.24) is 0 Å². The van der Waals surface area contributed by atoms with E-state index in [0.29, 0.717) is 30.3 Å². The van der Waals surface area contributed by atoms with Crippen LogP contribution in [0.3, 0.4) is 0 Å². The second-order valence-corrected chi connectivity index (χ2v) is 9.62. The van der Waals surface area contributed by atoms with E-state index in [0.717, 1.165) is 31.1 Å².